The molecule has 1 aromatic heterocycles. The summed E-state index contributed by atoms with van der Waals surface area (Å²) in [6.45, 7) is 3.92. The molecule has 2 rings (SSSR count). The van der Waals surface area contributed by atoms with Crippen molar-refractivity contribution >= 4 is 0 Å². The van der Waals surface area contributed by atoms with E-state index < -0.39 is 6.04 Å². The smallest absolute Gasteiger partial charge is 0.229 e. The number of nitrogens with zero attached hydrogens (tertiary/aromatic N) is 2. The number of aromatic nitrogens is 2. The molecule has 4 nitrogen and oxygen atoms in total. The van der Waals surface area contributed by atoms with Gasteiger partial charge in [0.25, 0.3) is 0 Å². The summed E-state index contributed by atoms with van der Waals surface area (Å²) in [5, 5.41) is 3.83. The quantitative estimate of drug-likeness (QED) is 0.887. The standard InChI is InChI=1S/C12H14FN3O/c1-7(2)12-15-11(16-17-12)10(14)8-3-5-9(13)6-4-8/h3-7,10H,14H2,1-2H3. The first-order chi connectivity index (χ1) is 8.08. The highest BCUT2D eigenvalue weighted by molar-refractivity contribution is 5.24. The first-order valence-corrected chi connectivity index (χ1v) is 5.42. The third kappa shape index (κ3) is 2.50. The first kappa shape index (κ1) is 11.7. The zero-order valence-corrected chi connectivity index (χ0v) is 9.72. The van der Waals surface area contributed by atoms with Gasteiger partial charge in [0.05, 0.1) is 6.04 Å². The fraction of sp³-hybridized carbons (Fsp3) is 0.333. The molecule has 0 radical (unpaired) electrons. The topological polar surface area (TPSA) is 64.9 Å². The number of nitrogens with two attached hydrogens (primary N) is 1. The Morgan fingerprint density at radius 3 is 2.41 bits per heavy atom. The van der Waals surface area contributed by atoms with Gasteiger partial charge in [-0.3, -0.25) is 0 Å². The molecular formula is C12H14FN3O. The molecule has 0 aliphatic heterocycles. The largest absolute Gasteiger partial charge is 0.339 e. The van der Waals surface area contributed by atoms with Gasteiger partial charge in [-0.25, -0.2) is 4.39 Å². The van der Waals surface area contributed by atoms with Crippen molar-refractivity contribution in [2.75, 3.05) is 0 Å². The Labute approximate surface area is 98.6 Å². The average molecular weight is 235 g/mol. The summed E-state index contributed by atoms with van der Waals surface area (Å²) in [4.78, 5) is 4.21. The molecule has 0 amide bonds. The van der Waals surface area contributed by atoms with Crippen LogP contribution in [0.4, 0.5) is 4.39 Å². The fourth-order valence-corrected chi connectivity index (χ4v) is 1.43. The summed E-state index contributed by atoms with van der Waals surface area (Å²) < 4.78 is 17.8. The Morgan fingerprint density at radius 1 is 1.24 bits per heavy atom. The number of rotatable bonds is 3. The average Bonchev–Trinajstić information content (AvgIpc) is 2.78. The van der Waals surface area contributed by atoms with Crippen LogP contribution in [0.2, 0.25) is 0 Å². The Bertz CT molecular complexity index is 493. The van der Waals surface area contributed by atoms with Gasteiger partial charge in [-0.15, -0.1) is 0 Å². The lowest BCUT2D eigenvalue weighted by atomic mass is 10.1. The molecule has 5 heteroatoms. The predicted molar refractivity (Wildman–Crippen MR) is 60.8 cm³/mol. The summed E-state index contributed by atoms with van der Waals surface area (Å²) in [7, 11) is 0. The predicted octanol–water partition coefficient (Wildman–Crippen LogP) is 2.38. The molecule has 1 unspecified atom stereocenters. The van der Waals surface area contributed by atoms with E-state index in [1.165, 1.54) is 12.1 Å². The minimum atomic E-state index is -0.494. The van der Waals surface area contributed by atoms with Crippen LogP contribution in [0.3, 0.4) is 0 Å². The van der Waals surface area contributed by atoms with Crippen LogP contribution in [0, 0.1) is 5.82 Å². The monoisotopic (exact) mass is 235 g/mol. The Hall–Kier alpha value is -1.75. The fourth-order valence-electron chi connectivity index (χ4n) is 1.43. The van der Waals surface area contributed by atoms with Gasteiger partial charge >= 0.3 is 0 Å². The van der Waals surface area contributed by atoms with Crippen LogP contribution in [-0.2, 0) is 0 Å². The molecule has 1 heterocycles. The van der Waals surface area contributed by atoms with E-state index in [9.17, 15) is 4.39 Å². The summed E-state index contributed by atoms with van der Waals surface area (Å²) in [5.74, 6) is 0.839. The van der Waals surface area contributed by atoms with Crippen molar-refractivity contribution in [1.82, 2.24) is 10.1 Å². The minimum Gasteiger partial charge on any atom is -0.339 e. The van der Waals surface area contributed by atoms with E-state index in [0.29, 0.717) is 11.7 Å². The third-order valence-corrected chi connectivity index (χ3v) is 2.46. The maximum atomic E-state index is 12.8. The Kier molecular flexibility index (Phi) is 3.19. The van der Waals surface area contributed by atoms with Gasteiger partial charge < -0.3 is 10.3 Å². The van der Waals surface area contributed by atoms with E-state index in [0.717, 1.165) is 5.56 Å². The van der Waals surface area contributed by atoms with Gasteiger partial charge in [0.15, 0.2) is 5.82 Å². The normalized spacial score (nSPS) is 13.0. The van der Waals surface area contributed by atoms with Gasteiger partial charge in [0.2, 0.25) is 5.89 Å². The molecule has 2 N–H and O–H groups in total. The molecule has 0 saturated heterocycles. The second kappa shape index (κ2) is 4.63. The number of benzene rings is 1. The SMILES string of the molecule is CC(C)c1nc(C(N)c2ccc(F)cc2)no1. The van der Waals surface area contributed by atoms with E-state index in [1.807, 2.05) is 13.8 Å². The molecule has 90 valence electrons. The van der Waals surface area contributed by atoms with E-state index in [4.69, 9.17) is 10.3 Å². The minimum absolute atomic E-state index is 0.164. The van der Waals surface area contributed by atoms with E-state index >= 15 is 0 Å². The van der Waals surface area contributed by atoms with Gasteiger partial charge in [-0.05, 0) is 17.7 Å². The molecule has 0 spiro atoms. The molecule has 2 aromatic rings. The van der Waals surface area contributed by atoms with Crippen LogP contribution in [0.15, 0.2) is 28.8 Å². The van der Waals surface area contributed by atoms with Crippen LogP contribution >= 0.6 is 0 Å². The zero-order chi connectivity index (χ0) is 12.4. The second-order valence-electron chi connectivity index (χ2n) is 4.17. The highest BCUT2D eigenvalue weighted by atomic mass is 19.1. The van der Waals surface area contributed by atoms with Crippen LogP contribution < -0.4 is 5.73 Å². The van der Waals surface area contributed by atoms with Gasteiger partial charge in [-0.2, -0.15) is 4.98 Å². The number of hydrogen-bond acceptors (Lipinski definition) is 4. The van der Waals surface area contributed by atoms with Crippen molar-refractivity contribution in [2.24, 2.45) is 5.73 Å². The van der Waals surface area contributed by atoms with Gasteiger partial charge in [0.1, 0.15) is 5.82 Å². The summed E-state index contributed by atoms with van der Waals surface area (Å²) >= 11 is 0. The Balaban J connectivity index is 2.24. The lowest BCUT2D eigenvalue weighted by molar-refractivity contribution is 0.359. The lowest BCUT2D eigenvalue weighted by Gasteiger charge is -2.06. The molecule has 17 heavy (non-hydrogen) atoms. The maximum absolute atomic E-state index is 12.8. The highest BCUT2D eigenvalue weighted by Crippen LogP contribution is 2.19. The van der Waals surface area contributed by atoms with E-state index in [2.05, 4.69) is 10.1 Å². The number of hydrogen-bond donors (Lipinski definition) is 1. The van der Waals surface area contributed by atoms with Crippen LogP contribution in [0.25, 0.3) is 0 Å². The van der Waals surface area contributed by atoms with Crippen LogP contribution in [0.5, 0.6) is 0 Å². The molecule has 0 bridgehead atoms. The van der Waals surface area contributed by atoms with Crippen molar-refractivity contribution in [3.8, 4) is 0 Å². The van der Waals surface area contributed by atoms with Crippen molar-refractivity contribution < 1.29 is 8.91 Å². The first-order valence-electron chi connectivity index (χ1n) is 5.42. The summed E-state index contributed by atoms with van der Waals surface area (Å²) in [5.41, 5.74) is 6.72. The molecule has 0 aliphatic carbocycles. The summed E-state index contributed by atoms with van der Waals surface area (Å²) in [6, 6.07) is 5.46. The molecule has 0 saturated carbocycles. The molecular weight excluding hydrogens is 221 g/mol. The van der Waals surface area contributed by atoms with Gasteiger partial charge in [0, 0.05) is 5.92 Å². The van der Waals surface area contributed by atoms with Crippen molar-refractivity contribution in [3.05, 3.63) is 47.4 Å². The molecule has 1 aromatic carbocycles. The molecule has 0 aliphatic rings. The highest BCUT2D eigenvalue weighted by Gasteiger charge is 2.17. The van der Waals surface area contributed by atoms with Gasteiger partial charge in [-0.1, -0.05) is 31.1 Å². The summed E-state index contributed by atoms with van der Waals surface area (Å²) in [6.07, 6.45) is 0. The van der Waals surface area contributed by atoms with Crippen LogP contribution in [-0.4, -0.2) is 10.1 Å². The van der Waals surface area contributed by atoms with Crippen molar-refractivity contribution in [3.63, 3.8) is 0 Å². The van der Waals surface area contributed by atoms with Crippen molar-refractivity contribution in [2.45, 2.75) is 25.8 Å². The lowest BCUT2D eigenvalue weighted by Crippen LogP contribution is -2.13. The number of halogens is 1. The van der Waals surface area contributed by atoms with Crippen molar-refractivity contribution in [1.29, 1.82) is 0 Å². The second-order valence-corrected chi connectivity index (χ2v) is 4.17. The molecule has 1 atom stereocenters. The van der Waals surface area contributed by atoms with Crippen LogP contribution in [0.1, 0.15) is 43.1 Å². The zero-order valence-electron chi connectivity index (χ0n) is 9.72. The van der Waals surface area contributed by atoms with E-state index in [-0.39, 0.29) is 11.7 Å². The molecule has 0 fully saturated rings. The van der Waals surface area contributed by atoms with E-state index in [1.54, 1.807) is 12.1 Å². The Morgan fingerprint density at radius 2 is 1.88 bits per heavy atom. The third-order valence-electron chi connectivity index (χ3n) is 2.46. The maximum Gasteiger partial charge on any atom is 0.229 e.